The third kappa shape index (κ3) is 9.91. The fraction of sp³-hybridized carbons (Fsp3) is 0. The maximum atomic E-state index is 0. The van der Waals surface area contributed by atoms with Gasteiger partial charge in [0.25, 0.3) is 0 Å². The van der Waals surface area contributed by atoms with Crippen LogP contribution >= 0.6 is 0 Å². The monoisotopic (exact) mass is 126 g/mol. The molecular formula is C2H6Ti2. The van der Waals surface area contributed by atoms with Crippen molar-refractivity contribution in [2.75, 3.05) is 0 Å². The van der Waals surface area contributed by atoms with Gasteiger partial charge in [-0.2, -0.15) is 0 Å². The van der Waals surface area contributed by atoms with Crippen LogP contribution in [0.25, 0.3) is 0 Å². The number of hydrogen-bond donors (Lipinski definition) is 0. The first-order valence-electron chi connectivity index (χ1n) is 0. The Balaban J connectivity index is 0. The van der Waals surface area contributed by atoms with Gasteiger partial charge in [0.15, 0.2) is 0 Å². The van der Waals surface area contributed by atoms with E-state index in [2.05, 4.69) is 0 Å². The largest absolute Gasteiger partial charge is 2.00 e. The van der Waals surface area contributed by atoms with E-state index < -0.39 is 0 Å². The molecule has 0 spiro atoms. The van der Waals surface area contributed by atoms with E-state index in [0.29, 0.717) is 0 Å². The second-order valence-electron chi connectivity index (χ2n) is 0. The maximum Gasteiger partial charge on any atom is 2.00 e. The van der Waals surface area contributed by atoms with Crippen molar-refractivity contribution >= 4 is 0 Å². The summed E-state index contributed by atoms with van der Waals surface area (Å²) in [5.74, 6) is 0. The Hall–Kier alpha value is 1.43. The molecule has 0 saturated heterocycles. The van der Waals surface area contributed by atoms with Gasteiger partial charge in [-0.3, -0.25) is 0 Å². The van der Waals surface area contributed by atoms with Crippen LogP contribution in [0, 0.1) is 14.9 Å². The van der Waals surface area contributed by atoms with Gasteiger partial charge in [-0.15, -0.1) is 0 Å². The van der Waals surface area contributed by atoms with Crippen molar-refractivity contribution in [3.8, 4) is 0 Å². The molecule has 0 heterocycles. The molecule has 0 fully saturated rings. The summed E-state index contributed by atoms with van der Waals surface area (Å²) < 4.78 is 0. The molecule has 0 aliphatic carbocycles. The molecule has 0 radical (unpaired) electrons. The summed E-state index contributed by atoms with van der Waals surface area (Å²) in [6.07, 6.45) is 0. The van der Waals surface area contributed by atoms with Crippen LogP contribution in [0.2, 0.25) is 0 Å². The second kappa shape index (κ2) is 25.5. The molecule has 0 N–H and O–H groups in total. The number of rotatable bonds is 0. The van der Waals surface area contributed by atoms with Crippen molar-refractivity contribution in [2.24, 2.45) is 0 Å². The summed E-state index contributed by atoms with van der Waals surface area (Å²) in [6, 6.07) is 0. The van der Waals surface area contributed by atoms with E-state index in [1.54, 1.807) is 0 Å². The zero-order valence-corrected chi connectivity index (χ0v) is 6.12. The van der Waals surface area contributed by atoms with Crippen molar-refractivity contribution in [1.82, 2.24) is 0 Å². The molecule has 4 heavy (non-hydrogen) atoms. The molecule has 0 aliphatic heterocycles. The Morgan fingerprint density at radius 1 is 0.750 bits per heavy atom. The summed E-state index contributed by atoms with van der Waals surface area (Å²) in [5.41, 5.74) is 0. The van der Waals surface area contributed by atoms with Crippen LogP contribution in [0.4, 0.5) is 0 Å². The normalized spacial score (nSPS) is 0. The van der Waals surface area contributed by atoms with Crippen molar-refractivity contribution in [1.29, 1.82) is 0 Å². The average Bonchev–Trinajstić information content (AvgIpc) is 0. The molecule has 0 aliphatic rings. The average molecular weight is 126 g/mol. The molecule has 0 rings (SSSR count). The first-order valence-corrected chi connectivity index (χ1v) is 0. The zero-order valence-electron chi connectivity index (χ0n) is 3.00. The van der Waals surface area contributed by atoms with E-state index in [0.717, 1.165) is 0 Å². The summed E-state index contributed by atoms with van der Waals surface area (Å²) in [7, 11) is 0. The molecule has 0 unspecified atom stereocenters. The molecule has 0 saturated carbocycles. The molecule has 0 amide bonds. The molecule has 0 bridgehead atoms. The van der Waals surface area contributed by atoms with Gasteiger partial charge in [-0.05, 0) is 0 Å². The van der Waals surface area contributed by atoms with Gasteiger partial charge in [-0.25, -0.2) is 0 Å². The van der Waals surface area contributed by atoms with Gasteiger partial charge in [-0.1, -0.05) is 0 Å². The fourth-order valence-corrected chi connectivity index (χ4v) is 0. The topological polar surface area (TPSA) is 0 Å². The molecule has 0 nitrogen and oxygen atoms in total. The smallest absolute Gasteiger partial charge is 0.358 e. The van der Waals surface area contributed by atoms with Crippen LogP contribution in [-0.2, 0) is 43.4 Å². The van der Waals surface area contributed by atoms with Gasteiger partial charge in [0.2, 0.25) is 0 Å². The Morgan fingerprint density at radius 3 is 0.750 bits per heavy atom. The van der Waals surface area contributed by atoms with Crippen LogP contribution in [0.3, 0.4) is 0 Å². The minimum atomic E-state index is 0. The van der Waals surface area contributed by atoms with Crippen LogP contribution in [0.1, 0.15) is 0 Å². The van der Waals surface area contributed by atoms with E-state index in [9.17, 15) is 0 Å². The van der Waals surface area contributed by atoms with Crippen molar-refractivity contribution in [2.45, 2.75) is 0 Å². The first-order chi connectivity index (χ1) is 0. The predicted molar refractivity (Wildman–Crippen MR) is 12.8 cm³/mol. The molecule has 0 aromatic heterocycles. The minimum absolute atomic E-state index is 0. The third-order valence-electron chi connectivity index (χ3n) is 0. The quantitative estimate of drug-likeness (QED) is 0.334. The van der Waals surface area contributed by atoms with E-state index in [1.165, 1.54) is 0 Å². The predicted octanol–water partition coefficient (Wildman–Crippen LogP) is 0.896. The summed E-state index contributed by atoms with van der Waals surface area (Å²) in [4.78, 5) is 0. The summed E-state index contributed by atoms with van der Waals surface area (Å²) >= 11 is 0. The Kier molecular flexibility index (Phi) is 333. The molecule has 2 heteroatoms. The molecular weight excluding hydrogens is 120 g/mol. The van der Waals surface area contributed by atoms with Gasteiger partial charge in [0.05, 0.1) is 0 Å². The Labute approximate surface area is 58.1 Å². The zero-order chi connectivity index (χ0) is 0. The van der Waals surface area contributed by atoms with E-state index in [4.69, 9.17) is 0 Å². The molecule has 0 aromatic rings. The van der Waals surface area contributed by atoms with Crippen LogP contribution < -0.4 is 0 Å². The van der Waals surface area contributed by atoms with Crippen LogP contribution in [0.15, 0.2) is 0 Å². The summed E-state index contributed by atoms with van der Waals surface area (Å²) in [5, 5.41) is 0. The Bertz CT molecular complexity index is 4.00. The van der Waals surface area contributed by atoms with E-state index in [-0.39, 0.29) is 58.3 Å². The molecule has 22 valence electrons. The SMILES string of the molecule is [CH3-].[CH3-].[Ti+2].[Ti]. The molecule has 0 aromatic carbocycles. The van der Waals surface area contributed by atoms with E-state index in [1.807, 2.05) is 0 Å². The van der Waals surface area contributed by atoms with Crippen molar-refractivity contribution < 1.29 is 43.4 Å². The van der Waals surface area contributed by atoms with Gasteiger partial charge >= 0.3 is 21.7 Å². The van der Waals surface area contributed by atoms with Crippen molar-refractivity contribution in [3.05, 3.63) is 14.9 Å². The summed E-state index contributed by atoms with van der Waals surface area (Å²) in [6.45, 7) is 0. The molecule has 0 atom stereocenters. The fourth-order valence-electron chi connectivity index (χ4n) is 0. The van der Waals surface area contributed by atoms with Gasteiger partial charge in [0, 0.05) is 21.7 Å². The standard InChI is InChI=1S/2CH3.2Ti/h2*1H3;;/q2*-1;;+2. The van der Waals surface area contributed by atoms with Gasteiger partial charge in [0.1, 0.15) is 0 Å². The van der Waals surface area contributed by atoms with E-state index >= 15 is 0 Å². The van der Waals surface area contributed by atoms with Crippen LogP contribution in [0.5, 0.6) is 0 Å². The second-order valence-corrected chi connectivity index (χ2v) is 0. The van der Waals surface area contributed by atoms with Crippen LogP contribution in [-0.4, -0.2) is 0 Å². The third-order valence-corrected chi connectivity index (χ3v) is 0. The number of hydrogen-bond acceptors (Lipinski definition) is 0. The maximum absolute atomic E-state index is 0. The van der Waals surface area contributed by atoms with Gasteiger partial charge < -0.3 is 14.9 Å². The minimum Gasteiger partial charge on any atom is -0.358 e. The Morgan fingerprint density at radius 2 is 0.750 bits per heavy atom. The van der Waals surface area contributed by atoms with Crippen molar-refractivity contribution in [3.63, 3.8) is 0 Å². The first kappa shape index (κ1) is 52.2.